The molecule has 5 N–H and O–H groups in total. The summed E-state index contributed by atoms with van der Waals surface area (Å²) in [4.78, 5) is 47.6. The topological polar surface area (TPSA) is 194 Å². The fraction of sp³-hybridized carbons (Fsp3) is 0.938. The minimum Gasteiger partial charge on any atom is -0.848 e. The maximum atomic E-state index is 12.7. The van der Waals surface area contributed by atoms with Gasteiger partial charge in [0.25, 0.3) is 0 Å². The third-order valence-corrected chi connectivity index (χ3v) is 11.9. The van der Waals surface area contributed by atoms with E-state index >= 15 is 0 Å². The highest BCUT2D eigenvalue weighted by Crippen LogP contribution is 2.43. The zero-order valence-electron chi connectivity index (χ0n) is 39.9. The van der Waals surface area contributed by atoms with Crippen LogP contribution in [-0.4, -0.2) is 61.4 Å². The van der Waals surface area contributed by atoms with Crippen molar-refractivity contribution < 1.29 is 52.2 Å². The molecule has 0 bridgehead atoms. The molecule has 0 spiro atoms. The first kappa shape index (κ1) is 61.5. The Morgan fingerprint density at radius 2 is 0.705 bits per heavy atom. The molecule has 0 aliphatic carbocycles. The van der Waals surface area contributed by atoms with Gasteiger partial charge in [0.1, 0.15) is 6.61 Å². The fourth-order valence-corrected chi connectivity index (χ4v) is 7.90. The molecule has 1 unspecified atom stereocenters. The molecule has 0 saturated carbocycles. The molecule has 0 aliphatic rings. The first-order valence-corrected chi connectivity index (χ1v) is 26.4. The van der Waals surface area contributed by atoms with Gasteiger partial charge < -0.3 is 30.4 Å². The predicted octanol–water partition coefficient (Wildman–Crippen LogP) is 13.3. The van der Waals surface area contributed by atoms with E-state index in [1.165, 1.54) is 135 Å². The molecule has 364 valence electrons. The van der Waals surface area contributed by atoms with Crippen molar-refractivity contribution in [3.05, 3.63) is 0 Å². The number of unbranched alkanes of at least 4 members (excludes halogenated alkanes) is 30. The van der Waals surface area contributed by atoms with Crippen LogP contribution in [0.1, 0.15) is 252 Å². The number of phosphoric ester groups is 1. The predicted molar refractivity (Wildman–Crippen MR) is 247 cm³/mol. The van der Waals surface area contributed by atoms with Gasteiger partial charge in [-0.3, -0.25) is 23.4 Å². The van der Waals surface area contributed by atoms with Crippen molar-refractivity contribution in [2.75, 3.05) is 26.4 Å². The highest BCUT2D eigenvalue weighted by molar-refractivity contribution is 7.47. The summed E-state index contributed by atoms with van der Waals surface area (Å²) in [6, 6.07) is 0. The van der Waals surface area contributed by atoms with Gasteiger partial charge in [-0.15, -0.1) is 0 Å². The van der Waals surface area contributed by atoms with Crippen LogP contribution in [0.25, 0.3) is 0 Å². The van der Waals surface area contributed by atoms with Crippen molar-refractivity contribution in [1.29, 1.82) is 0 Å². The summed E-state index contributed by atoms with van der Waals surface area (Å²) in [6.07, 6.45) is 36.1. The van der Waals surface area contributed by atoms with E-state index in [0.29, 0.717) is 19.3 Å². The van der Waals surface area contributed by atoms with Gasteiger partial charge in [0.15, 0.2) is 6.10 Å². The van der Waals surface area contributed by atoms with Crippen molar-refractivity contribution in [3.63, 3.8) is 0 Å². The highest BCUT2D eigenvalue weighted by Gasteiger charge is 2.26. The van der Waals surface area contributed by atoms with Gasteiger partial charge in [-0.1, -0.05) is 219 Å². The van der Waals surface area contributed by atoms with Crippen LogP contribution in [0.4, 0.5) is 0 Å². The summed E-state index contributed by atoms with van der Waals surface area (Å²) in [5, 5.41) is 12.3. The average molecular weight is 894 g/mol. The fourth-order valence-electron chi connectivity index (χ4n) is 7.12. The summed E-state index contributed by atoms with van der Waals surface area (Å²) >= 11 is 0. The van der Waals surface area contributed by atoms with Crippen LogP contribution in [0.15, 0.2) is 0 Å². The van der Waals surface area contributed by atoms with E-state index in [-0.39, 0.29) is 32.0 Å². The van der Waals surface area contributed by atoms with E-state index in [1.807, 2.05) is 0 Å². The summed E-state index contributed by atoms with van der Waals surface area (Å²) < 4.78 is 38.6. The van der Waals surface area contributed by atoms with E-state index in [0.717, 1.165) is 57.8 Å². The third-order valence-electron chi connectivity index (χ3n) is 11.0. The Morgan fingerprint density at radius 3 is 1.05 bits per heavy atom. The van der Waals surface area contributed by atoms with Crippen LogP contribution in [-0.2, 0) is 42.2 Å². The highest BCUT2D eigenvalue weighted by atomic mass is 31.2. The minimum atomic E-state index is -4.74. The summed E-state index contributed by atoms with van der Waals surface area (Å²) in [5.74, 6) is -1.43. The van der Waals surface area contributed by atoms with Crippen molar-refractivity contribution in [1.82, 2.24) is 6.15 Å². The number of carbonyl (C=O) groups excluding carboxylic acids is 3. The molecule has 0 rings (SSSR count). The molecule has 0 amide bonds. The van der Waals surface area contributed by atoms with E-state index in [2.05, 4.69) is 20.8 Å². The molecule has 0 aromatic heterocycles. The lowest BCUT2D eigenvalue weighted by Gasteiger charge is -2.24. The van der Waals surface area contributed by atoms with E-state index in [1.54, 1.807) is 0 Å². The van der Waals surface area contributed by atoms with Gasteiger partial charge in [0.05, 0.1) is 13.2 Å². The lowest BCUT2D eigenvalue weighted by Crippen LogP contribution is -2.36. The number of rotatable bonds is 47. The Hall–Kier alpha value is -1.56. The second-order valence-electron chi connectivity index (χ2n) is 17.0. The molecule has 0 radical (unpaired) electrons. The largest absolute Gasteiger partial charge is 0.848 e. The molecule has 0 aliphatic heterocycles. The number of carbonyl (C=O) groups is 3. The zero-order valence-corrected chi connectivity index (χ0v) is 40.8. The molecule has 0 aromatic rings. The Balaban J connectivity index is 0. The second kappa shape index (κ2) is 46.4. The van der Waals surface area contributed by atoms with Gasteiger partial charge in [0, 0.05) is 25.9 Å². The first-order chi connectivity index (χ1) is 29.1. The maximum Gasteiger partial charge on any atom is 0.472 e. The van der Waals surface area contributed by atoms with Crippen molar-refractivity contribution in [3.8, 4) is 0 Å². The maximum absolute atomic E-state index is 12.7. The van der Waals surface area contributed by atoms with E-state index < -0.39 is 57.8 Å². The van der Waals surface area contributed by atoms with Gasteiger partial charge in [0.2, 0.25) is 0 Å². The summed E-state index contributed by atoms with van der Waals surface area (Å²) in [6.45, 7) is 4.54. The number of esters is 3. The molecule has 12 nitrogen and oxygen atoms in total. The van der Waals surface area contributed by atoms with Crippen LogP contribution < -0.4 is 11.3 Å². The first-order valence-electron chi connectivity index (χ1n) is 24.9. The average Bonchev–Trinajstić information content (AvgIpc) is 3.23. The Labute approximate surface area is 373 Å². The lowest BCUT2D eigenvalue weighted by molar-refractivity contribution is -0.429. The standard InChI is InChI=1S/C48H92O11P.H3N/c1-4-7-10-13-16-19-22-25-28-31-34-37-46(50)55-40-44(49)41-57-60(53,54)58-43-45(59-48(52)39-36-33-30-27-24-21-18-15-12-9-6-3)42-56-47(51)38-35-32-29-26-23-20-17-14-11-8-5-2;/h44-45H,4-43H2,1-3H3,(H,53,54);1H3/q-1;/p+1/t44-,45+;/m0./s1. The Kier molecular flexibility index (Phi) is 46.8. The number of ether oxygens (including phenoxy) is 3. The molecule has 3 atom stereocenters. The summed E-state index contributed by atoms with van der Waals surface area (Å²) in [5.41, 5.74) is 0. The zero-order chi connectivity index (χ0) is 44.2. The SMILES string of the molecule is CCCCCCCCCCCCCC(=O)OC[C@H]([O-])COP(=O)(O)OC[C@@H](COC(=O)CCCCCCCCCCCCC)OC(=O)CCCCCCCCCCCCC.[NH4+]. The molecular weight excluding hydrogens is 797 g/mol. The van der Waals surface area contributed by atoms with Crippen LogP contribution in [0, 0.1) is 0 Å². The molecule has 0 heterocycles. The van der Waals surface area contributed by atoms with Crippen LogP contribution in [0.2, 0.25) is 0 Å². The van der Waals surface area contributed by atoms with Gasteiger partial charge >= 0.3 is 25.7 Å². The van der Waals surface area contributed by atoms with E-state index in [9.17, 15) is 28.9 Å². The molecule has 0 aromatic carbocycles. The molecule has 13 heteroatoms. The molecular formula is C48H96NO11P. The molecule has 0 fully saturated rings. The van der Waals surface area contributed by atoms with Crippen molar-refractivity contribution >= 4 is 25.7 Å². The van der Waals surface area contributed by atoms with Gasteiger partial charge in [-0.25, -0.2) is 4.57 Å². The lowest BCUT2D eigenvalue weighted by atomic mass is 10.1. The minimum absolute atomic E-state index is 0. The van der Waals surface area contributed by atoms with Crippen molar-refractivity contribution in [2.45, 2.75) is 264 Å². The summed E-state index contributed by atoms with van der Waals surface area (Å²) in [7, 11) is -4.74. The second-order valence-corrected chi connectivity index (χ2v) is 18.5. The number of hydrogen-bond acceptors (Lipinski definition) is 10. The van der Waals surface area contributed by atoms with Crippen molar-refractivity contribution in [2.24, 2.45) is 0 Å². The molecule has 61 heavy (non-hydrogen) atoms. The Morgan fingerprint density at radius 1 is 0.426 bits per heavy atom. The monoisotopic (exact) mass is 894 g/mol. The Bertz CT molecular complexity index is 1030. The van der Waals surface area contributed by atoms with Gasteiger partial charge in [-0.2, -0.15) is 0 Å². The quantitative estimate of drug-likeness (QED) is 0.0255. The van der Waals surface area contributed by atoms with Gasteiger partial charge in [-0.05, 0) is 19.3 Å². The number of phosphoric acid groups is 1. The van der Waals surface area contributed by atoms with Crippen LogP contribution >= 0.6 is 7.82 Å². The van der Waals surface area contributed by atoms with E-state index in [4.69, 9.17) is 23.3 Å². The molecule has 0 saturated heterocycles. The van der Waals surface area contributed by atoms with Crippen LogP contribution in [0.3, 0.4) is 0 Å². The smallest absolute Gasteiger partial charge is 0.472 e. The number of quaternary nitrogens is 1. The van der Waals surface area contributed by atoms with Crippen LogP contribution in [0.5, 0.6) is 0 Å². The number of hydrogen-bond donors (Lipinski definition) is 2. The normalized spacial score (nSPS) is 13.3. The third kappa shape index (κ3) is 46.3.